The Balaban J connectivity index is 2.54. The molecule has 5 nitrogen and oxygen atoms in total. The Labute approximate surface area is 69.6 Å². The van der Waals surface area contributed by atoms with E-state index in [4.69, 9.17) is 5.73 Å². The third kappa shape index (κ3) is 0.831. The van der Waals surface area contributed by atoms with Crippen LogP contribution in [-0.2, 0) is 20.1 Å². The highest BCUT2D eigenvalue weighted by Gasteiger charge is 2.20. The quantitative estimate of drug-likeness (QED) is 0.569. The van der Waals surface area contributed by atoms with E-state index in [1.807, 2.05) is 0 Å². The van der Waals surface area contributed by atoms with Crippen LogP contribution in [0.25, 0.3) is 0 Å². The summed E-state index contributed by atoms with van der Waals surface area (Å²) < 4.78 is 1.75. The highest BCUT2D eigenvalue weighted by atomic mass is 16.1. The summed E-state index contributed by atoms with van der Waals surface area (Å²) in [5.41, 5.74) is 7.13. The smallest absolute Gasteiger partial charge is 0.284 e. The normalized spacial score (nSPS) is 14.8. The van der Waals surface area contributed by atoms with Crippen LogP contribution in [0.1, 0.15) is 22.0 Å². The number of imidazole rings is 1. The molecule has 12 heavy (non-hydrogen) atoms. The Hall–Kier alpha value is -1.36. The van der Waals surface area contributed by atoms with Crippen LogP contribution in [0.15, 0.2) is 0 Å². The molecule has 0 aliphatic carbocycles. The summed E-state index contributed by atoms with van der Waals surface area (Å²) in [7, 11) is 1.80. The predicted molar refractivity (Wildman–Crippen MR) is 42.3 cm³/mol. The van der Waals surface area contributed by atoms with E-state index in [9.17, 15) is 4.79 Å². The zero-order chi connectivity index (χ0) is 8.72. The van der Waals surface area contributed by atoms with Crippen LogP contribution in [-0.4, -0.2) is 15.5 Å². The van der Waals surface area contributed by atoms with Crippen molar-refractivity contribution >= 4 is 5.91 Å². The Morgan fingerprint density at radius 3 is 3.00 bits per heavy atom. The lowest BCUT2D eigenvalue weighted by atomic mass is 10.4. The summed E-state index contributed by atoms with van der Waals surface area (Å²) >= 11 is 0. The van der Waals surface area contributed by atoms with Gasteiger partial charge in [0.1, 0.15) is 0 Å². The van der Waals surface area contributed by atoms with Gasteiger partial charge >= 0.3 is 0 Å². The van der Waals surface area contributed by atoms with Crippen molar-refractivity contribution in [3.63, 3.8) is 0 Å². The molecule has 0 bridgehead atoms. The number of aromatic nitrogens is 2. The maximum absolute atomic E-state index is 10.8. The van der Waals surface area contributed by atoms with Gasteiger partial charge in [-0.3, -0.25) is 4.79 Å². The van der Waals surface area contributed by atoms with E-state index in [2.05, 4.69) is 10.3 Å². The predicted octanol–water partition coefficient (Wildman–Crippen LogP) is -0.878. The highest BCUT2D eigenvalue weighted by Crippen LogP contribution is 2.14. The number of nitrogens with two attached hydrogens (primary N) is 1. The summed E-state index contributed by atoms with van der Waals surface area (Å²) in [5, 5.41) is 3.14. The number of primary amides is 1. The number of nitrogens with zero attached hydrogens (tertiary/aromatic N) is 2. The Bertz CT molecular complexity index is 341. The molecule has 1 aromatic rings. The van der Waals surface area contributed by atoms with Gasteiger partial charge in [0, 0.05) is 20.1 Å². The second-order valence-corrected chi connectivity index (χ2v) is 2.86. The molecule has 0 saturated heterocycles. The molecule has 3 N–H and O–H groups in total. The maximum Gasteiger partial charge on any atom is 0.284 e. The van der Waals surface area contributed by atoms with Crippen LogP contribution < -0.4 is 11.1 Å². The summed E-state index contributed by atoms with van der Waals surface area (Å²) in [6, 6.07) is 0. The number of nitrogens with one attached hydrogen (secondary N) is 1. The van der Waals surface area contributed by atoms with Crippen LogP contribution in [0.5, 0.6) is 0 Å². The zero-order valence-corrected chi connectivity index (χ0v) is 6.79. The van der Waals surface area contributed by atoms with Gasteiger partial charge in [0.05, 0.1) is 11.4 Å². The van der Waals surface area contributed by atoms with E-state index in [1.54, 1.807) is 11.6 Å². The molecule has 1 amide bonds. The van der Waals surface area contributed by atoms with Crippen molar-refractivity contribution < 1.29 is 4.79 Å². The van der Waals surface area contributed by atoms with E-state index in [0.717, 1.165) is 24.5 Å². The summed E-state index contributed by atoms with van der Waals surface area (Å²) in [5.74, 6) is -0.117. The molecule has 0 saturated carbocycles. The first-order chi connectivity index (χ1) is 5.70. The molecule has 0 atom stereocenters. The summed E-state index contributed by atoms with van der Waals surface area (Å²) in [6.07, 6.45) is 0. The monoisotopic (exact) mass is 166 g/mol. The maximum atomic E-state index is 10.8. The van der Waals surface area contributed by atoms with Crippen LogP contribution in [0, 0.1) is 0 Å². The van der Waals surface area contributed by atoms with Crippen molar-refractivity contribution in [3.8, 4) is 0 Å². The number of amides is 1. The van der Waals surface area contributed by atoms with Crippen molar-refractivity contribution in [2.24, 2.45) is 12.8 Å². The van der Waals surface area contributed by atoms with Gasteiger partial charge in [-0.15, -0.1) is 0 Å². The molecule has 2 rings (SSSR count). The molecule has 0 fully saturated rings. The molecule has 0 aromatic carbocycles. The van der Waals surface area contributed by atoms with Gasteiger partial charge in [-0.25, -0.2) is 4.98 Å². The van der Waals surface area contributed by atoms with Gasteiger partial charge < -0.3 is 15.6 Å². The number of rotatable bonds is 1. The van der Waals surface area contributed by atoms with Gasteiger partial charge in [0.25, 0.3) is 5.91 Å². The van der Waals surface area contributed by atoms with E-state index < -0.39 is 5.91 Å². The molecular weight excluding hydrogens is 156 g/mol. The second kappa shape index (κ2) is 2.31. The fourth-order valence-electron chi connectivity index (χ4n) is 1.47. The fourth-order valence-corrected chi connectivity index (χ4v) is 1.47. The standard InChI is InChI=1S/C7H10N4O/c1-11-5-3-9-2-4(5)10-7(11)6(8)12/h9H,2-3H2,1H3,(H2,8,12). The lowest BCUT2D eigenvalue weighted by molar-refractivity contribution is 0.0987. The van der Waals surface area contributed by atoms with Crippen molar-refractivity contribution in [1.82, 2.24) is 14.9 Å². The number of carbonyl (C=O) groups is 1. The number of fused-ring (bicyclic) bond motifs is 1. The number of carbonyl (C=O) groups excluding carboxylic acids is 1. The molecule has 0 radical (unpaired) electrons. The van der Waals surface area contributed by atoms with Crippen molar-refractivity contribution in [1.29, 1.82) is 0 Å². The minimum absolute atomic E-state index is 0.349. The Kier molecular flexibility index (Phi) is 1.41. The first-order valence-electron chi connectivity index (χ1n) is 3.75. The average Bonchev–Trinajstić information content (AvgIpc) is 2.53. The SMILES string of the molecule is Cn1c(C(N)=O)nc2c1CNC2. The number of hydrogen-bond donors (Lipinski definition) is 2. The molecule has 1 aliphatic rings. The second-order valence-electron chi connectivity index (χ2n) is 2.86. The van der Waals surface area contributed by atoms with Gasteiger partial charge in [0.2, 0.25) is 0 Å². The molecule has 1 aliphatic heterocycles. The lowest BCUT2D eigenvalue weighted by Crippen LogP contribution is -2.18. The molecule has 64 valence electrons. The van der Waals surface area contributed by atoms with Gasteiger partial charge in [-0.2, -0.15) is 0 Å². The highest BCUT2D eigenvalue weighted by molar-refractivity contribution is 5.89. The van der Waals surface area contributed by atoms with Crippen molar-refractivity contribution in [3.05, 3.63) is 17.2 Å². The van der Waals surface area contributed by atoms with Gasteiger partial charge in [-0.05, 0) is 0 Å². The van der Waals surface area contributed by atoms with E-state index in [1.165, 1.54) is 0 Å². The average molecular weight is 166 g/mol. The molecular formula is C7H10N4O. The van der Waals surface area contributed by atoms with Crippen LogP contribution >= 0.6 is 0 Å². The molecule has 2 heterocycles. The van der Waals surface area contributed by atoms with Crippen molar-refractivity contribution in [2.45, 2.75) is 13.1 Å². The number of hydrogen-bond acceptors (Lipinski definition) is 3. The summed E-state index contributed by atoms with van der Waals surface area (Å²) in [4.78, 5) is 15.0. The van der Waals surface area contributed by atoms with E-state index in [0.29, 0.717) is 5.82 Å². The Morgan fingerprint density at radius 2 is 2.42 bits per heavy atom. The topological polar surface area (TPSA) is 72.9 Å². The minimum atomic E-state index is -0.466. The third-order valence-electron chi connectivity index (χ3n) is 2.10. The summed E-state index contributed by atoms with van der Waals surface area (Å²) in [6.45, 7) is 1.50. The van der Waals surface area contributed by atoms with Crippen LogP contribution in [0.3, 0.4) is 0 Å². The molecule has 1 aromatic heterocycles. The first kappa shape index (κ1) is 7.30. The largest absolute Gasteiger partial charge is 0.363 e. The Morgan fingerprint density at radius 1 is 1.67 bits per heavy atom. The lowest BCUT2D eigenvalue weighted by Gasteiger charge is -1.99. The van der Waals surface area contributed by atoms with E-state index in [-0.39, 0.29) is 0 Å². The van der Waals surface area contributed by atoms with Crippen molar-refractivity contribution in [2.75, 3.05) is 0 Å². The van der Waals surface area contributed by atoms with Gasteiger partial charge in [0.15, 0.2) is 5.82 Å². The third-order valence-corrected chi connectivity index (χ3v) is 2.10. The molecule has 0 unspecified atom stereocenters. The van der Waals surface area contributed by atoms with Crippen LogP contribution in [0.4, 0.5) is 0 Å². The van der Waals surface area contributed by atoms with Crippen LogP contribution in [0.2, 0.25) is 0 Å². The first-order valence-corrected chi connectivity index (χ1v) is 3.75. The van der Waals surface area contributed by atoms with E-state index >= 15 is 0 Å². The molecule has 5 heteroatoms. The molecule has 0 spiro atoms. The van der Waals surface area contributed by atoms with Gasteiger partial charge in [-0.1, -0.05) is 0 Å². The fraction of sp³-hybridized carbons (Fsp3) is 0.429. The minimum Gasteiger partial charge on any atom is -0.363 e. The zero-order valence-electron chi connectivity index (χ0n) is 6.79.